The van der Waals surface area contributed by atoms with Crippen LogP contribution in [0.3, 0.4) is 0 Å². The van der Waals surface area contributed by atoms with E-state index in [0.717, 1.165) is 0 Å². The molecule has 6 nitrogen and oxygen atoms in total. The highest BCUT2D eigenvalue weighted by Gasteiger charge is 2.24. The van der Waals surface area contributed by atoms with Crippen LogP contribution in [0.2, 0.25) is 0 Å². The van der Waals surface area contributed by atoms with Crippen LogP contribution in [0, 0.1) is 3.82 Å². The molecule has 0 saturated carbocycles. The van der Waals surface area contributed by atoms with Crippen LogP contribution >= 0.6 is 32.9 Å². The van der Waals surface area contributed by atoms with Gasteiger partial charge in [-0.15, -0.1) is 0 Å². The number of hydrogen-bond acceptors (Lipinski definition) is 8. The average molecular weight is 371 g/mol. The molecule has 23 heavy (non-hydrogen) atoms. The van der Waals surface area contributed by atoms with Crippen molar-refractivity contribution in [3.63, 3.8) is 0 Å². The van der Waals surface area contributed by atoms with E-state index in [-0.39, 0.29) is 17.9 Å². The highest BCUT2D eigenvalue weighted by Crippen LogP contribution is 2.25. The van der Waals surface area contributed by atoms with E-state index in [2.05, 4.69) is 5.32 Å². The van der Waals surface area contributed by atoms with E-state index >= 15 is 0 Å². The molecule has 3 N–H and O–H groups in total. The summed E-state index contributed by atoms with van der Waals surface area (Å²) in [6.45, 7) is 0. The Morgan fingerprint density at radius 1 is 1.35 bits per heavy atom. The maximum Gasteiger partial charge on any atom is 0.328 e. The number of aromatic hydroxyl groups is 2. The van der Waals surface area contributed by atoms with Crippen molar-refractivity contribution in [2.75, 3.05) is 7.11 Å². The molecule has 122 valence electrons. The highest BCUT2D eigenvalue weighted by atomic mass is 32.9. The zero-order valence-corrected chi connectivity index (χ0v) is 14.4. The summed E-state index contributed by atoms with van der Waals surface area (Å²) in [5, 5.41) is 23.0. The van der Waals surface area contributed by atoms with E-state index < -0.39 is 17.9 Å². The van der Waals surface area contributed by atoms with E-state index in [0.29, 0.717) is 15.0 Å². The van der Waals surface area contributed by atoms with E-state index in [9.17, 15) is 19.8 Å². The van der Waals surface area contributed by atoms with Gasteiger partial charge in [0.25, 0.3) is 5.91 Å². The molecular weight excluding hydrogens is 358 g/mol. The second-order valence-electron chi connectivity index (χ2n) is 4.57. The number of carbonyl (C=O) groups excluding carboxylic acids is 2. The van der Waals surface area contributed by atoms with Gasteiger partial charge < -0.3 is 20.3 Å². The van der Waals surface area contributed by atoms with Gasteiger partial charge >= 0.3 is 5.97 Å². The quantitative estimate of drug-likeness (QED) is 0.323. The van der Waals surface area contributed by atoms with Crippen LogP contribution in [0.5, 0.6) is 11.5 Å². The lowest BCUT2D eigenvalue weighted by Gasteiger charge is -2.16. The lowest BCUT2D eigenvalue weighted by Crippen LogP contribution is -2.43. The van der Waals surface area contributed by atoms with Crippen LogP contribution in [0.15, 0.2) is 23.6 Å². The van der Waals surface area contributed by atoms with E-state index in [1.165, 1.54) is 39.9 Å². The molecule has 0 aliphatic rings. The second kappa shape index (κ2) is 7.53. The smallest absolute Gasteiger partial charge is 0.328 e. The largest absolute Gasteiger partial charge is 0.504 e. The lowest BCUT2D eigenvalue weighted by molar-refractivity contribution is -0.142. The minimum Gasteiger partial charge on any atom is -0.504 e. The monoisotopic (exact) mass is 371 g/mol. The summed E-state index contributed by atoms with van der Waals surface area (Å²) in [6, 6.07) is 3.24. The van der Waals surface area contributed by atoms with Crippen molar-refractivity contribution in [3.05, 3.63) is 38.5 Å². The molecule has 0 spiro atoms. The molecule has 0 saturated heterocycles. The van der Waals surface area contributed by atoms with E-state index in [4.69, 9.17) is 17.0 Å². The maximum atomic E-state index is 12.2. The molecule has 0 fully saturated rings. The Morgan fingerprint density at radius 3 is 2.65 bits per heavy atom. The number of phenols is 2. The van der Waals surface area contributed by atoms with Gasteiger partial charge in [-0.25, -0.2) is 4.79 Å². The van der Waals surface area contributed by atoms with Gasteiger partial charge in [0, 0.05) is 11.8 Å². The average Bonchev–Trinajstić information content (AvgIpc) is 2.95. The fraction of sp³-hybridized carbons (Fsp3) is 0.214. The third-order valence-electron chi connectivity index (χ3n) is 3.02. The van der Waals surface area contributed by atoms with Gasteiger partial charge in [0.2, 0.25) is 0 Å². The predicted molar refractivity (Wildman–Crippen MR) is 89.8 cm³/mol. The topological polar surface area (TPSA) is 95.9 Å². The van der Waals surface area contributed by atoms with Crippen LogP contribution in [0.25, 0.3) is 0 Å². The van der Waals surface area contributed by atoms with Crippen LogP contribution in [-0.2, 0) is 16.0 Å². The van der Waals surface area contributed by atoms with Gasteiger partial charge in [-0.2, -0.15) is 0 Å². The number of ether oxygens (including phenoxy) is 1. The van der Waals surface area contributed by atoms with Crippen LogP contribution in [-0.4, -0.2) is 35.2 Å². The number of carbonyl (C=O) groups is 2. The Morgan fingerprint density at radius 2 is 2.09 bits per heavy atom. The lowest BCUT2D eigenvalue weighted by atomic mass is 10.0. The standard InChI is InChI=1S/C14H13NO5S3/c1-20-13(19)9(4-7-2-3-10(16)11(17)5-7)15-12(18)8-6-22-23-14(8)21/h2-3,5-6,9,16-17H,4H2,1H3,(H,15,18)/t9-/m0/s1. The first kappa shape index (κ1) is 17.4. The first-order valence-electron chi connectivity index (χ1n) is 6.39. The molecular formula is C14H13NO5S3. The van der Waals surface area contributed by atoms with Gasteiger partial charge in [-0.1, -0.05) is 39.0 Å². The molecule has 2 aromatic rings. The number of phenolic OH excluding ortho intramolecular Hbond substituents is 2. The molecule has 0 aliphatic heterocycles. The Labute approximate surface area is 144 Å². The van der Waals surface area contributed by atoms with Crippen molar-refractivity contribution in [3.8, 4) is 11.5 Å². The minimum absolute atomic E-state index is 0.104. The Hall–Kier alpha value is -1.97. The third-order valence-corrected chi connectivity index (χ3v) is 5.69. The van der Waals surface area contributed by atoms with Gasteiger partial charge in [0.15, 0.2) is 11.5 Å². The zero-order valence-electron chi connectivity index (χ0n) is 11.9. The van der Waals surface area contributed by atoms with Crippen molar-refractivity contribution >= 4 is 44.8 Å². The highest BCUT2D eigenvalue weighted by molar-refractivity contribution is 7.79. The molecule has 1 heterocycles. The first-order chi connectivity index (χ1) is 10.9. The first-order valence-corrected chi connectivity index (χ1v) is 9.02. The summed E-state index contributed by atoms with van der Waals surface area (Å²) in [5.41, 5.74) is 0.903. The van der Waals surface area contributed by atoms with Crippen molar-refractivity contribution in [1.29, 1.82) is 0 Å². The fourth-order valence-electron chi connectivity index (χ4n) is 1.86. The number of amides is 1. The molecule has 0 unspecified atom stereocenters. The Balaban J connectivity index is 2.18. The number of esters is 1. The normalized spacial score (nSPS) is 11.7. The van der Waals surface area contributed by atoms with Crippen molar-refractivity contribution in [2.24, 2.45) is 0 Å². The van der Waals surface area contributed by atoms with E-state index in [1.54, 1.807) is 11.4 Å². The Kier molecular flexibility index (Phi) is 5.69. The van der Waals surface area contributed by atoms with Gasteiger partial charge in [-0.3, -0.25) is 4.79 Å². The fourth-order valence-corrected chi connectivity index (χ4v) is 4.18. The number of methoxy groups -OCH3 is 1. The summed E-state index contributed by atoms with van der Waals surface area (Å²) >= 11 is 5.06. The SMILES string of the molecule is COC(=O)[C@H](Cc1ccc(O)c(O)c1)NC(=O)c1cssc1=S. The summed E-state index contributed by atoms with van der Waals surface area (Å²) < 4.78 is 5.16. The van der Waals surface area contributed by atoms with Crippen LogP contribution in [0.1, 0.15) is 15.9 Å². The zero-order chi connectivity index (χ0) is 17.0. The third kappa shape index (κ3) is 4.27. The summed E-state index contributed by atoms with van der Waals surface area (Å²) in [5.74, 6) is -1.63. The summed E-state index contributed by atoms with van der Waals surface area (Å²) in [7, 11) is 3.87. The van der Waals surface area contributed by atoms with Gasteiger partial charge in [-0.05, 0) is 17.7 Å². The molecule has 0 bridgehead atoms. The summed E-state index contributed by atoms with van der Waals surface area (Å²) in [4.78, 5) is 24.1. The molecule has 0 aliphatic carbocycles. The van der Waals surface area contributed by atoms with Crippen molar-refractivity contribution in [2.45, 2.75) is 12.5 Å². The minimum atomic E-state index is -0.934. The molecule has 1 aromatic carbocycles. The van der Waals surface area contributed by atoms with E-state index in [1.807, 2.05) is 0 Å². The summed E-state index contributed by atoms with van der Waals surface area (Å²) in [6.07, 6.45) is 0.104. The number of hydrogen-bond donors (Lipinski definition) is 3. The van der Waals surface area contributed by atoms with Crippen LogP contribution in [0.4, 0.5) is 0 Å². The van der Waals surface area contributed by atoms with Gasteiger partial charge in [0.05, 0.1) is 12.7 Å². The predicted octanol–water partition coefficient (Wildman–Crippen LogP) is 2.46. The molecule has 1 atom stereocenters. The van der Waals surface area contributed by atoms with Gasteiger partial charge in [0.1, 0.15) is 9.87 Å². The Bertz CT molecular complexity index is 783. The molecule has 2 rings (SSSR count). The van der Waals surface area contributed by atoms with Crippen LogP contribution < -0.4 is 5.32 Å². The number of benzene rings is 1. The van der Waals surface area contributed by atoms with Crippen molar-refractivity contribution < 1.29 is 24.5 Å². The molecule has 0 radical (unpaired) electrons. The maximum absolute atomic E-state index is 12.2. The number of nitrogens with one attached hydrogen (secondary N) is 1. The molecule has 1 amide bonds. The molecule has 9 heteroatoms. The second-order valence-corrected chi connectivity index (χ2v) is 7.32. The molecule has 1 aromatic heterocycles. The van der Waals surface area contributed by atoms with Crippen molar-refractivity contribution in [1.82, 2.24) is 5.32 Å². The number of rotatable bonds is 5.